The van der Waals surface area contributed by atoms with Crippen LogP contribution in [0.15, 0.2) is 97.1 Å². The van der Waals surface area contributed by atoms with E-state index in [1.165, 1.54) is 0 Å². The highest BCUT2D eigenvalue weighted by Crippen LogP contribution is 2.39. The van der Waals surface area contributed by atoms with Crippen molar-refractivity contribution in [1.82, 2.24) is 10.2 Å². The fourth-order valence-corrected chi connectivity index (χ4v) is 6.59. The van der Waals surface area contributed by atoms with E-state index in [1.54, 1.807) is 24.3 Å². The van der Waals surface area contributed by atoms with Gasteiger partial charge in [-0.05, 0) is 52.8 Å². The van der Waals surface area contributed by atoms with Gasteiger partial charge in [-0.1, -0.05) is 84.9 Å². The number of nitrogens with zero attached hydrogens (tertiary/aromatic N) is 1. The standard InChI is InChI=1S/C40H46N4O6/c41-35-8-3-4-9-36(35)43-39(48)11-5-10-38(47)42-23-31-6-1-2-7-34(31)28-16-18-30(19-17-28)40-49-33(25-44-21-20-32(46)24-44)22-37(50-40)29-14-12-27(26-45)13-15-29/h1-4,6-9,12-19,32-33,37,40,45-46H,5,10-11,20-26,41H2,(H,42,47)(H,43,48)/t32-,33+,37-,40-/m0/s1. The van der Waals surface area contributed by atoms with E-state index in [1.807, 2.05) is 72.8 Å². The molecule has 4 aromatic carbocycles. The molecule has 10 heteroatoms. The lowest BCUT2D eigenvalue weighted by Gasteiger charge is -2.38. The number of likely N-dealkylation sites (tertiary alicyclic amines) is 1. The van der Waals surface area contributed by atoms with Crippen molar-refractivity contribution in [2.75, 3.05) is 30.7 Å². The lowest BCUT2D eigenvalue weighted by atomic mass is 9.97. The van der Waals surface area contributed by atoms with Gasteiger partial charge in [0.2, 0.25) is 11.8 Å². The number of hydrogen-bond donors (Lipinski definition) is 5. The second-order valence-corrected chi connectivity index (χ2v) is 13.1. The second-order valence-electron chi connectivity index (χ2n) is 13.1. The van der Waals surface area contributed by atoms with Crippen molar-refractivity contribution >= 4 is 23.2 Å². The molecule has 2 amide bonds. The number of hydrogen-bond acceptors (Lipinski definition) is 8. The number of carbonyl (C=O) groups excluding carboxylic acids is 2. The van der Waals surface area contributed by atoms with E-state index >= 15 is 0 Å². The first kappa shape index (κ1) is 35.3. The highest BCUT2D eigenvalue weighted by Gasteiger charge is 2.34. The monoisotopic (exact) mass is 678 g/mol. The molecule has 0 aromatic heterocycles. The van der Waals surface area contributed by atoms with Crippen LogP contribution in [0.1, 0.15) is 66.8 Å². The molecule has 0 saturated carbocycles. The third kappa shape index (κ3) is 9.35. The normalized spacial score (nSPS) is 20.8. The predicted octanol–water partition coefficient (Wildman–Crippen LogP) is 5.47. The van der Waals surface area contributed by atoms with Crippen molar-refractivity contribution in [3.63, 3.8) is 0 Å². The van der Waals surface area contributed by atoms with E-state index in [0.717, 1.165) is 52.9 Å². The third-order valence-corrected chi connectivity index (χ3v) is 9.35. The predicted molar refractivity (Wildman–Crippen MR) is 193 cm³/mol. The number of nitrogens with one attached hydrogen (secondary N) is 2. The van der Waals surface area contributed by atoms with Gasteiger partial charge in [-0.25, -0.2) is 0 Å². The van der Waals surface area contributed by atoms with E-state index in [4.69, 9.17) is 15.2 Å². The number of carbonyl (C=O) groups is 2. The van der Waals surface area contributed by atoms with Gasteiger partial charge in [0.15, 0.2) is 6.29 Å². The Labute approximate surface area is 293 Å². The summed E-state index contributed by atoms with van der Waals surface area (Å²) < 4.78 is 13.1. The summed E-state index contributed by atoms with van der Waals surface area (Å²) in [5, 5.41) is 25.4. The molecule has 2 aliphatic rings. The van der Waals surface area contributed by atoms with Crippen molar-refractivity contribution in [3.8, 4) is 11.1 Å². The number of nitrogen functional groups attached to an aromatic ring is 1. The molecule has 0 bridgehead atoms. The van der Waals surface area contributed by atoms with Crippen molar-refractivity contribution < 1.29 is 29.3 Å². The number of anilines is 2. The molecule has 2 heterocycles. The Morgan fingerprint density at radius 2 is 1.58 bits per heavy atom. The minimum atomic E-state index is -0.570. The Hall–Kier alpha value is -4.58. The van der Waals surface area contributed by atoms with Crippen LogP contribution in [0.5, 0.6) is 0 Å². The van der Waals surface area contributed by atoms with Gasteiger partial charge in [-0.15, -0.1) is 0 Å². The quantitative estimate of drug-likeness (QED) is 0.117. The number of benzene rings is 4. The first-order valence-corrected chi connectivity index (χ1v) is 17.3. The summed E-state index contributed by atoms with van der Waals surface area (Å²) >= 11 is 0. The Morgan fingerprint density at radius 1 is 0.860 bits per heavy atom. The molecule has 10 nitrogen and oxygen atoms in total. The number of β-amino-alcohol motifs (C(OH)–C–C–N with tert-alkyl or cyclic N) is 1. The molecule has 2 fully saturated rings. The van der Waals surface area contributed by atoms with Gasteiger partial charge in [-0.2, -0.15) is 0 Å². The molecule has 50 heavy (non-hydrogen) atoms. The molecule has 4 atom stereocenters. The zero-order chi connectivity index (χ0) is 34.9. The van der Waals surface area contributed by atoms with Crippen molar-refractivity contribution in [3.05, 3.63) is 119 Å². The summed E-state index contributed by atoms with van der Waals surface area (Å²) in [5.74, 6) is -0.296. The van der Waals surface area contributed by atoms with Gasteiger partial charge in [0.25, 0.3) is 0 Å². The van der Waals surface area contributed by atoms with Crippen LogP contribution in [0, 0.1) is 0 Å². The number of para-hydroxylation sites is 2. The molecular formula is C40H46N4O6. The number of aliphatic hydroxyl groups is 2. The molecule has 6 N–H and O–H groups in total. The van der Waals surface area contributed by atoms with Gasteiger partial charge in [0, 0.05) is 51.0 Å². The maximum atomic E-state index is 12.7. The van der Waals surface area contributed by atoms with Crippen molar-refractivity contribution in [2.45, 2.75) is 69.9 Å². The molecule has 0 aliphatic carbocycles. The SMILES string of the molecule is Nc1ccccc1NC(=O)CCCC(=O)NCc1ccccc1-c1ccc([C@H]2O[C@@H](CN3CC[C@H](O)C3)C[C@@H](c3ccc(CO)cc3)O2)cc1. The van der Waals surface area contributed by atoms with Crippen LogP contribution in [-0.4, -0.2) is 58.8 Å². The fourth-order valence-electron chi connectivity index (χ4n) is 6.59. The molecule has 0 unspecified atom stereocenters. The molecule has 262 valence electrons. The van der Waals surface area contributed by atoms with Crippen LogP contribution < -0.4 is 16.4 Å². The van der Waals surface area contributed by atoms with Crippen LogP contribution in [0.25, 0.3) is 11.1 Å². The number of nitrogens with two attached hydrogens (primary N) is 1. The Balaban J connectivity index is 1.07. The minimum absolute atomic E-state index is 0.00843. The maximum Gasteiger partial charge on any atom is 0.224 e. The number of ether oxygens (including phenoxy) is 2. The highest BCUT2D eigenvalue weighted by molar-refractivity contribution is 5.94. The largest absolute Gasteiger partial charge is 0.397 e. The molecule has 0 spiro atoms. The van der Waals surface area contributed by atoms with Crippen LogP contribution in [0.3, 0.4) is 0 Å². The van der Waals surface area contributed by atoms with E-state index in [2.05, 4.69) is 15.5 Å². The number of rotatable bonds is 13. The summed E-state index contributed by atoms with van der Waals surface area (Å²) in [4.78, 5) is 27.2. The van der Waals surface area contributed by atoms with Gasteiger partial charge < -0.3 is 36.1 Å². The Kier molecular flexibility index (Phi) is 11.9. The van der Waals surface area contributed by atoms with Crippen molar-refractivity contribution in [1.29, 1.82) is 0 Å². The molecule has 0 radical (unpaired) electrons. The summed E-state index contributed by atoms with van der Waals surface area (Å²) in [6.45, 7) is 2.57. The fraction of sp³-hybridized carbons (Fsp3) is 0.350. The summed E-state index contributed by atoms with van der Waals surface area (Å²) in [7, 11) is 0. The number of aliphatic hydroxyl groups excluding tert-OH is 2. The van der Waals surface area contributed by atoms with Gasteiger partial charge in [0.05, 0.1) is 36.3 Å². The lowest BCUT2D eigenvalue weighted by molar-refractivity contribution is -0.252. The smallest absolute Gasteiger partial charge is 0.224 e. The van der Waals surface area contributed by atoms with Crippen LogP contribution in [0.4, 0.5) is 11.4 Å². The topological polar surface area (TPSA) is 146 Å². The third-order valence-electron chi connectivity index (χ3n) is 9.35. The highest BCUT2D eigenvalue weighted by atomic mass is 16.7. The summed E-state index contributed by atoms with van der Waals surface area (Å²) in [5.41, 5.74) is 12.8. The van der Waals surface area contributed by atoms with E-state index in [-0.39, 0.29) is 49.6 Å². The van der Waals surface area contributed by atoms with Crippen molar-refractivity contribution in [2.24, 2.45) is 0 Å². The van der Waals surface area contributed by atoms with Crippen LogP contribution in [-0.2, 0) is 32.2 Å². The zero-order valence-electron chi connectivity index (χ0n) is 28.2. The number of amides is 2. The summed E-state index contributed by atoms with van der Waals surface area (Å²) in [6, 6.07) is 31.1. The Morgan fingerprint density at radius 3 is 2.32 bits per heavy atom. The molecule has 6 rings (SSSR count). The molecule has 2 saturated heterocycles. The van der Waals surface area contributed by atoms with E-state index in [9.17, 15) is 19.8 Å². The van der Waals surface area contributed by atoms with Gasteiger partial charge in [0.1, 0.15) is 0 Å². The first-order valence-electron chi connectivity index (χ1n) is 17.3. The van der Waals surface area contributed by atoms with Gasteiger partial charge in [-0.3, -0.25) is 14.5 Å². The Bertz CT molecular complexity index is 1730. The van der Waals surface area contributed by atoms with E-state index < -0.39 is 6.29 Å². The lowest BCUT2D eigenvalue weighted by Crippen LogP contribution is -2.38. The van der Waals surface area contributed by atoms with E-state index in [0.29, 0.717) is 37.3 Å². The summed E-state index contributed by atoms with van der Waals surface area (Å²) in [6.07, 6.45) is 1.22. The molecule has 4 aromatic rings. The van der Waals surface area contributed by atoms with Crippen LogP contribution >= 0.6 is 0 Å². The maximum absolute atomic E-state index is 12.7. The first-order chi connectivity index (χ1) is 24.3. The minimum Gasteiger partial charge on any atom is -0.397 e. The molecule has 2 aliphatic heterocycles. The molecular weight excluding hydrogens is 632 g/mol. The second kappa shape index (κ2) is 16.9. The van der Waals surface area contributed by atoms with Gasteiger partial charge >= 0.3 is 0 Å². The van der Waals surface area contributed by atoms with Crippen LogP contribution in [0.2, 0.25) is 0 Å². The average Bonchev–Trinajstić information content (AvgIpc) is 3.55. The zero-order valence-corrected chi connectivity index (χ0v) is 28.2. The average molecular weight is 679 g/mol.